The lowest BCUT2D eigenvalue weighted by atomic mass is 9.94. The topological polar surface area (TPSA) is 41.6 Å². The van der Waals surface area contributed by atoms with Gasteiger partial charge in [-0.05, 0) is 45.2 Å². The van der Waals surface area contributed by atoms with Gasteiger partial charge in [-0.3, -0.25) is 4.79 Å². The number of methoxy groups -OCH3 is 1. The Bertz CT molecular complexity index is 487. The Balaban J connectivity index is 1.82. The van der Waals surface area contributed by atoms with Crippen LogP contribution < -0.4 is 5.32 Å². The van der Waals surface area contributed by atoms with E-state index < -0.39 is 0 Å². The third-order valence-corrected chi connectivity index (χ3v) is 4.55. The number of hydrogen-bond acceptors (Lipinski definition) is 3. The van der Waals surface area contributed by atoms with Crippen molar-refractivity contribution in [2.75, 3.05) is 33.4 Å². The van der Waals surface area contributed by atoms with Gasteiger partial charge in [-0.25, -0.2) is 0 Å². The van der Waals surface area contributed by atoms with Gasteiger partial charge in [-0.15, -0.1) is 0 Å². The van der Waals surface area contributed by atoms with Crippen molar-refractivity contribution >= 4 is 5.91 Å². The number of carbonyl (C=O) groups is 1. The summed E-state index contributed by atoms with van der Waals surface area (Å²) >= 11 is 0. The smallest absolute Gasteiger partial charge is 0.223 e. The van der Waals surface area contributed by atoms with Crippen LogP contribution in [0.5, 0.6) is 0 Å². The Kier molecular flexibility index (Phi) is 6.60. The molecule has 0 spiro atoms. The van der Waals surface area contributed by atoms with Gasteiger partial charge in [0.05, 0.1) is 6.61 Å². The lowest BCUT2D eigenvalue weighted by molar-refractivity contribution is -0.123. The number of ether oxygens (including phenoxy) is 1. The molecule has 1 saturated heterocycles. The number of amides is 1. The number of nitrogens with zero attached hydrogens (tertiary/aromatic N) is 1. The molecule has 0 aromatic heterocycles. The highest BCUT2D eigenvalue weighted by Crippen LogP contribution is 2.26. The Morgan fingerprint density at radius 1 is 1.22 bits per heavy atom. The van der Waals surface area contributed by atoms with Gasteiger partial charge >= 0.3 is 0 Å². The lowest BCUT2D eigenvalue weighted by Crippen LogP contribution is -2.35. The van der Waals surface area contributed by atoms with Crippen LogP contribution in [0.25, 0.3) is 0 Å². The highest BCUT2D eigenvalue weighted by Gasteiger charge is 2.36. The number of nitrogens with one attached hydrogen (secondary N) is 1. The van der Waals surface area contributed by atoms with Gasteiger partial charge in [0, 0.05) is 31.7 Å². The average molecular weight is 318 g/mol. The van der Waals surface area contributed by atoms with Crippen molar-refractivity contribution in [2.45, 2.75) is 38.6 Å². The molecule has 0 bridgehead atoms. The van der Waals surface area contributed by atoms with Crippen LogP contribution in [0, 0.1) is 5.92 Å². The molecule has 128 valence electrons. The van der Waals surface area contributed by atoms with Crippen molar-refractivity contribution in [3.05, 3.63) is 35.9 Å². The van der Waals surface area contributed by atoms with Crippen molar-refractivity contribution in [1.82, 2.24) is 10.2 Å². The fourth-order valence-corrected chi connectivity index (χ4v) is 3.25. The van der Waals surface area contributed by atoms with Crippen LogP contribution in [0.1, 0.15) is 32.3 Å². The molecule has 2 rings (SSSR count). The van der Waals surface area contributed by atoms with Crippen LogP contribution in [0.15, 0.2) is 30.3 Å². The molecule has 1 N–H and O–H groups in total. The van der Waals surface area contributed by atoms with Gasteiger partial charge in [0.1, 0.15) is 0 Å². The second-order valence-corrected chi connectivity index (χ2v) is 7.13. The summed E-state index contributed by atoms with van der Waals surface area (Å²) in [5.41, 5.74) is 1.30. The Labute approximate surface area is 140 Å². The van der Waals surface area contributed by atoms with E-state index in [4.69, 9.17) is 4.74 Å². The SMILES string of the molecule is COCCN(CCc1ccccc1)CCC1CC(C)(C)NC1=O. The van der Waals surface area contributed by atoms with E-state index in [0.29, 0.717) is 0 Å². The summed E-state index contributed by atoms with van der Waals surface area (Å²) in [5, 5.41) is 3.09. The number of benzene rings is 1. The van der Waals surface area contributed by atoms with Crippen LogP contribution in [-0.2, 0) is 16.0 Å². The monoisotopic (exact) mass is 318 g/mol. The van der Waals surface area contributed by atoms with E-state index in [1.54, 1.807) is 7.11 Å². The predicted octanol–water partition coefficient (Wildman–Crippen LogP) is 2.48. The molecule has 1 atom stereocenters. The van der Waals surface area contributed by atoms with E-state index in [9.17, 15) is 4.79 Å². The first-order chi connectivity index (χ1) is 11.0. The molecular formula is C19H30N2O2. The van der Waals surface area contributed by atoms with Crippen LogP contribution in [0.4, 0.5) is 0 Å². The molecule has 1 aromatic carbocycles. The minimum Gasteiger partial charge on any atom is -0.383 e. The van der Waals surface area contributed by atoms with Gasteiger partial charge in [0.2, 0.25) is 5.91 Å². The average Bonchev–Trinajstić information content (AvgIpc) is 2.79. The normalized spacial score (nSPS) is 20.0. The van der Waals surface area contributed by atoms with Crippen molar-refractivity contribution in [2.24, 2.45) is 5.92 Å². The van der Waals surface area contributed by atoms with E-state index >= 15 is 0 Å². The maximum Gasteiger partial charge on any atom is 0.223 e. The molecule has 1 aliphatic heterocycles. The minimum absolute atomic E-state index is 0.0524. The molecule has 1 fully saturated rings. The van der Waals surface area contributed by atoms with E-state index in [0.717, 1.165) is 45.5 Å². The Morgan fingerprint density at radius 3 is 2.57 bits per heavy atom. The zero-order chi connectivity index (χ0) is 16.7. The molecule has 4 heteroatoms. The van der Waals surface area contributed by atoms with Crippen LogP contribution in [0.3, 0.4) is 0 Å². The summed E-state index contributed by atoms with van der Waals surface area (Å²) < 4.78 is 5.23. The zero-order valence-electron chi connectivity index (χ0n) is 14.7. The van der Waals surface area contributed by atoms with Crippen molar-refractivity contribution in [3.63, 3.8) is 0 Å². The second kappa shape index (κ2) is 8.46. The zero-order valence-corrected chi connectivity index (χ0v) is 14.7. The molecule has 23 heavy (non-hydrogen) atoms. The number of carbonyl (C=O) groups excluding carboxylic acids is 1. The minimum atomic E-state index is -0.0524. The summed E-state index contributed by atoms with van der Waals surface area (Å²) in [6.07, 6.45) is 2.89. The molecule has 1 aliphatic rings. The molecule has 0 radical (unpaired) electrons. The van der Waals surface area contributed by atoms with Crippen LogP contribution in [0.2, 0.25) is 0 Å². The quantitative estimate of drug-likeness (QED) is 0.760. The third-order valence-electron chi connectivity index (χ3n) is 4.55. The Hall–Kier alpha value is -1.39. The molecule has 0 saturated carbocycles. The summed E-state index contributed by atoms with van der Waals surface area (Å²) in [6, 6.07) is 10.6. The van der Waals surface area contributed by atoms with Crippen LogP contribution >= 0.6 is 0 Å². The second-order valence-electron chi connectivity index (χ2n) is 7.13. The van der Waals surface area contributed by atoms with Crippen molar-refractivity contribution in [1.29, 1.82) is 0 Å². The molecular weight excluding hydrogens is 288 g/mol. The largest absolute Gasteiger partial charge is 0.383 e. The highest BCUT2D eigenvalue weighted by atomic mass is 16.5. The fourth-order valence-electron chi connectivity index (χ4n) is 3.25. The molecule has 1 heterocycles. The Morgan fingerprint density at radius 2 is 1.96 bits per heavy atom. The van der Waals surface area contributed by atoms with E-state index in [-0.39, 0.29) is 17.4 Å². The van der Waals surface area contributed by atoms with Gasteiger partial charge in [-0.1, -0.05) is 30.3 Å². The summed E-state index contributed by atoms with van der Waals surface area (Å²) in [6.45, 7) is 7.81. The van der Waals surface area contributed by atoms with E-state index in [1.807, 2.05) is 6.07 Å². The standard InChI is InChI=1S/C19H30N2O2/c1-19(2)15-17(18(22)20-19)10-12-21(13-14-23-3)11-9-16-7-5-4-6-8-16/h4-8,17H,9-15H2,1-3H3,(H,20,22). The summed E-state index contributed by atoms with van der Waals surface area (Å²) in [5.74, 6) is 0.358. The van der Waals surface area contributed by atoms with E-state index in [2.05, 4.69) is 48.3 Å². The summed E-state index contributed by atoms with van der Waals surface area (Å²) in [4.78, 5) is 14.5. The van der Waals surface area contributed by atoms with Gasteiger partial charge in [0.25, 0.3) is 0 Å². The molecule has 4 nitrogen and oxygen atoms in total. The first kappa shape index (κ1) is 18.0. The third kappa shape index (κ3) is 5.96. The maximum atomic E-state index is 12.0. The molecule has 1 amide bonds. The maximum absolute atomic E-state index is 12.0. The molecule has 0 aliphatic carbocycles. The van der Waals surface area contributed by atoms with E-state index in [1.165, 1.54) is 5.56 Å². The summed E-state index contributed by atoms with van der Waals surface area (Å²) in [7, 11) is 1.74. The lowest BCUT2D eigenvalue weighted by Gasteiger charge is -2.23. The molecule has 1 aromatic rings. The predicted molar refractivity (Wildman–Crippen MR) is 93.4 cm³/mol. The first-order valence-electron chi connectivity index (χ1n) is 8.57. The van der Waals surface area contributed by atoms with Gasteiger partial charge < -0.3 is 15.0 Å². The highest BCUT2D eigenvalue weighted by molar-refractivity contribution is 5.81. The van der Waals surface area contributed by atoms with Gasteiger partial charge in [0.15, 0.2) is 0 Å². The van der Waals surface area contributed by atoms with Crippen molar-refractivity contribution in [3.8, 4) is 0 Å². The van der Waals surface area contributed by atoms with Crippen molar-refractivity contribution < 1.29 is 9.53 Å². The van der Waals surface area contributed by atoms with Gasteiger partial charge in [-0.2, -0.15) is 0 Å². The van der Waals surface area contributed by atoms with Crippen LogP contribution in [-0.4, -0.2) is 49.7 Å². The fraction of sp³-hybridized carbons (Fsp3) is 0.632. The number of hydrogen-bond donors (Lipinski definition) is 1. The molecule has 1 unspecified atom stereocenters. The first-order valence-corrected chi connectivity index (χ1v) is 8.57. The number of rotatable bonds is 9.